The van der Waals surface area contributed by atoms with Crippen LogP contribution in [0.4, 0.5) is 5.82 Å². The van der Waals surface area contributed by atoms with Gasteiger partial charge in [0.1, 0.15) is 11.6 Å². The van der Waals surface area contributed by atoms with Crippen molar-refractivity contribution in [3.63, 3.8) is 0 Å². The van der Waals surface area contributed by atoms with Crippen molar-refractivity contribution in [2.24, 2.45) is 0 Å². The van der Waals surface area contributed by atoms with Crippen molar-refractivity contribution in [2.45, 2.75) is 13.0 Å². The molecule has 5 heteroatoms. The third kappa shape index (κ3) is 3.99. The van der Waals surface area contributed by atoms with E-state index in [1.807, 2.05) is 44.6 Å². The Kier molecular flexibility index (Phi) is 4.80. The van der Waals surface area contributed by atoms with Gasteiger partial charge in [-0.1, -0.05) is 6.07 Å². The van der Waals surface area contributed by atoms with Gasteiger partial charge in [-0.15, -0.1) is 0 Å². The molecular formula is C14H19N5. The summed E-state index contributed by atoms with van der Waals surface area (Å²) in [6.07, 6.45) is 4.53. The number of rotatable bonds is 6. The molecule has 19 heavy (non-hydrogen) atoms. The van der Waals surface area contributed by atoms with E-state index in [9.17, 15) is 0 Å². The predicted molar refractivity (Wildman–Crippen MR) is 76.0 cm³/mol. The summed E-state index contributed by atoms with van der Waals surface area (Å²) in [5.74, 6) is 1.75. The minimum absolute atomic E-state index is 0.682. The lowest BCUT2D eigenvalue weighted by atomic mass is 10.2. The van der Waals surface area contributed by atoms with Crippen molar-refractivity contribution in [1.29, 1.82) is 0 Å². The Labute approximate surface area is 113 Å². The molecule has 2 aromatic heterocycles. The highest BCUT2D eigenvalue weighted by atomic mass is 15.2. The van der Waals surface area contributed by atoms with Crippen LogP contribution in [0.5, 0.6) is 0 Å². The average Bonchev–Trinajstić information content (AvgIpc) is 2.46. The molecule has 0 aliphatic rings. The van der Waals surface area contributed by atoms with Gasteiger partial charge in [0.25, 0.3) is 0 Å². The first-order valence-corrected chi connectivity index (χ1v) is 6.37. The van der Waals surface area contributed by atoms with Gasteiger partial charge < -0.3 is 10.2 Å². The first kappa shape index (κ1) is 13.4. The molecule has 0 aromatic carbocycles. The van der Waals surface area contributed by atoms with E-state index in [4.69, 9.17) is 0 Å². The number of nitrogens with one attached hydrogen (secondary N) is 1. The zero-order valence-electron chi connectivity index (χ0n) is 11.4. The monoisotopic (exact) mass is 257 g/mol. The molecule has 2 rings (SSSR count). The Bertz CT molecular complexity index is 500. The number of likely N-dealkylation sites (N-methyl/N-ethyl adjacent to an activating group) is 1. The van der Waals surface area contributed by atoms with Crippen molar-refractivity contribution < 1.29 is 0 Å². The fourth-order valence-corrected chi connectivity index (χ4v) is 1.79. The molecule has 0 saturated carbocycles. The maximum Gasteiger partial charge on any atom is 0.144 e. The van der Waals surface area contributed by atoms with Crippen molar-refractivity contribution in [2.75, 3.05) is 25.5 Å². The average molecular weight is 257 g/mol. The van der Waals surface area contributed by atoms with Crippen molar-refractivity contribution in [3.05, 3.63) is 48.2 Å². The van der Waals surface area contributed by atoms with Gasteiger partial charge in [0.05, 0.1) is 6.54 Å². The summed E-state index contributed by atoms with van der Waals surface area (Å²) >= 11 is 0. The molecule has 0 atom stereocenters. The SMILES string of the molecule is CNCc1nccc(N(C)CCc2ccccn2)n1. The topological polar surface area (TPSA) is 53.9 Å². The molecular weight excluding hydrogens is 238 g/mol. The fraction of sp³-hybridized carbons (Fsp3) is 0.357. The zero-order valence-corrected chi connectivity index (χ0v) is 11.4. The highest BCUT2D eigenvalue weighted by Crippen LogP contribution is 2.08. The van der Waals surface area contributed by atoms with E-state index in [-0.39, 0.29) is 0 Å². The van der Waals surface area contributed by atoms with Gasteiger partial charge in [-0.3, -0.25) is 4.98 Å². The standard InChI is InChI=1S/C14H19N5/c1-15-11-13-17-9-6-14(18-13)19(2)10-7-12-5-3-4-8-16-12/h3-6,8-9,15H,7,10-11H2,1-2H3. The van der Waals surface area contributed by atoms with E-state index in [1.165, 1.54) is 0 Å². The van der Waals surface area contributed by atoms with Gasteiger partial charge in [-0.05, 0) is 25.2 Å². The third-order valence-corrected chi connectivity index (χ3v) is 2.85. The Balaban J connectivity index is 1.95. The molecule has 100 valence electrons. The molecule has 0 aliphatic carbocycles. The summed E-state index contributed by atoms with van der Waals surface area (Å²) in [6.45, 7) is 1.56. The van der Waals surface area contributed by atoms with Crippen LogP contribution in [-0.2, 0) is 13.0 Å². The van der Waals surface area contributed by atoms with E-state index in [1.54, 1.807) is 6.20 Å². The molecule has 0 saturated heterocycles. The molecule has 0 fully saturated rings. The fourth-order valence-electron chi connectivity index (χ4n) is 1.79. The van der Waals surface area contributed by atoms with Crippen LogP contribution in [0, 0.1) is 0 Å². The van der Waals surface area contributed by atoms with E-state index >= 15 is 0 Å². The Hall–Kier alpha value is -2.01. The van der Waals surface area contributed by atoms with E-state index < -0.39 is 0 Å². The smallest absolute Gasteiger partial charge is 0.144 e. The lowest BCUT2D eigenvalue weighted by molar-refractivity contribution is 0.748. The number of hydrogen-bond donors (Lipinski definition) is 1. The molecule has 2 heterocycles. The molecule has 0 aliphatic heterocycles. The van der Waals surface area contributed by atoms with Gasteiger partial charge in [0.2, 0.25) is 0 Å². The number of nitrogens with zero attached hydrogens (tertiary/aromatic N) is 4. The van der Waals surface area contributed by atoms with E-state index in [0.717, 1.165) is 30.3 Å². The van der Waals surface area contributed by atoms with Crippen LogP contribution in [0.25, 0.3) is 0 Å². The minimum atomic E-state index is 0.682. The van der Waals surface area contributed by atoms with Crippen LogP contribution < -0.4 is 10.2 Å². The predicted octanol–water partition coefficient (Wildman–Crippen LogP) is 1.27. The largest absolute Gasteiger partial charge is 0.359 e. The summed E-state index contributed by atoms with van der Waals surface area (Å²) in [5, 5.41) is 3.05. The van der Waals surface area contributed by atoms with E-state index in [2.05, 4.69) is 25.2 Å². The highest BCUT2D eigenvalue weighted by Gasteiger charge is 2.04. The molecule has 0 spiro atoms. The Morgan fingerprint density at radius 3 is 2.79 bits per heavy atom. The van der Waals surface area contributed by atoms with Gasteiger partial charge in [-0.25, -0.2) is 9.97 Å². The second-order valence-corrected chi connectivity index (χ2v) is 4.35. The first-order chi connectivity index (χ1) is 9.29. The zero-order chi connectivity index (χ0) is 13.5. The van der Waals surface area contributed by atoms with Crippen LogP contribution in [0.1, 0.15) is 11.5 Å². The van der Waals surface area contributed by atoms with Crippen LogP contribution >= 0.6 is 0 Å². The minimum Gasteiger partial charge on any atom is -0.359 e. The summed E-state index contributed by atoms with van der Waals surface area (Å²) in [7, 11) is 3.93. The maximum absolute atomic E-state index is 4.51. The summed E-state index contributed by atoms with van der Waals surface area (Å²) < 4.78 is 0. The van der Waals surface area contributed by atoms with Gasteiger partial charge >= 0.3 is 0 Å². The van der Waals surface area contributed by atoms with Crippen LogP contribution in [0.2, 0.25) is 0 Å². The lowest BCUT2D eigenvalue weighted by Crippen LogP contribution is -2.22. The number of anilines is 1. The van der Waals surface area contributed by atoms with Gasteiger partial charge in [0.15, 0.2) is 0 Å². The highest BCUT2D eigenvalue weighted by molar-refractivity contribution is 5.36. The van der Waals surface area contributed by atoms with Gasteiger partial charge in [0, 0.05) is 38.1 Å². The summed E-state index contributed by atoms with van der Waals surface area (Å²) in [4.78, 5) is 15.2. The summed E-state index contributed by atoms with van der Waals surface area (Å²) in [5.41, 5.74) is 1.10. The quantitative estimate of drug-likeness (QED) is 0.844. The second-order valence-electron chi connectivity index (χ2n) is 4.35. The normalized spacial score (nSPS) is 10.4. The van der Waals surface area contributed by atoms with Crippen molar-refractivity contribution in [3.8, 4) is 0 Å². The number of aromatic nitrogens is 3. The third-order valence-electron chi connectivity index (χ3n) is 2.85. The Morgan fingerprint density at radius 2 is 2.05 bits per heavy atom. The lowest BCUT2D eigenvalue weighted by Gasteiger charge is -2.18. The molecule has 1 N–H and O–H groups in total. The van der Waals surface area contributed by atoms with Crippen molar-refractivity contribution in [1.82, 2.24) is 20.3 Å². The van der Waals surface area contributed by atoms with Crippen LogP contribution in [0.15, 0.2) is 36.7 Å². The number of hydrogen-bond acceptors (Lipinski definition) is 5. The molecule has 5 nitrogen and oxygen atoms in total. The number of pyridine rings is 1. The van der Waals surface area contributed by atoms with E-state index in [0.29, 0.717) is 6.54 Å². The van der Waals surface area contributed by atoms with Crippen LogP contribution in [0.3, 0.4) is 0 Å². The van der Waals surface area contributed by atoms with Crippen LogP contribution in [-0.4, -0.2) is 35.6 Å². The Morgan fingerprint density at radius 1 is 1.16 bits per heavy atom. The van der Waals surface area contributed by atoms with Crippen molar-refractivity contribution >= 4 is 5.82 Å². The molecule has 0 amide bonds. The maximum atomic E-state index is 4.51. The first-order valence-electron chi connectivity index (χ1n) is 6.37. The van der Waals surface area contributed by atoms with Gasteiger partial charge in [-0.2, -0.15) is 0 Å². The second kappa shape index (κ2) is 6.80. The molecule has 0 bridgehead atoms. The summed E-state index contributed by atoms with van der Waals surface area (Å²) in [6, 6.07) is 7.91. The molecule has 0 unspecified atom stereocenters. The molecule has 0 radical (unpaired) electrons. The molecule has 2 aromatic rings.